The van der Waals surface area contributed by atoms with E-state index in [9.17, 15) is 31.5 Å². The van der Waals surface area contributed by atoms with Crippen LogP contribution in [-0.2, 0) is 25.5 Å². The molecule has 0 saturated carbocycles. The van der Waals surface area contributed by atoms with Gasteiger partial charge >= 0.3 is 6.18 Å². The summed E-state index contributed by atoms with van der Waals surface area (Å²) in [6.07, 6.45) is -2.57. The normalized spacial score (nSPS) is 21.0. The van der Waals surface area contributed by atoms with Crippen LogP contribution in [0.1, 0.15) is 52.9 Å². The second-order valence-corrected chi connectivity index (χ2v) is 13.4. The lowest BCUT2D eigenvalue weighted by Crippen LogP contribution is -2.36. The molecule has 11 nitrogen and oxygen atoms in total. The predicted molar refractivity (Wildman–Crippen MR) is 160 cm³/mol. The van der Waals surface area contributed by atoms with Gasteiger partial charge < -0.3 is 30.0 Å². The SMILES string of the molecule is CCS(=O)(=O)c1ccc([C@@H](CO)c2nc(N3C[C@H](Oc4ccc(C(F)(F)F)cc4)C[C@H]3CO[C@@H]3CCOC3)ncc2C(N)=O)cc1. The number of nitrogens with two attached hydrogens (primary N) is 1. The molecule has 5 rings (SSSR count). The number of nitrogens with zero attached hydrogens (tertiary/aromatic N) is 3. The monoisotopic (exact) mass is 664 g/mol. The average Bonchev–Trinajstić information content (AvgIpc) is 3.70. The molecule has 1 aromatic heterocycles. The maximum Gasteiger partial charge on any atom is 0.416 e. The van der Waals surface area contributed by atoms with Crippen LogP contribution in [0, 0.1) is 0 Å². The zero-order valence-electron chi connectivity index (χ0n) is 25.0. The lowest BCUT2D eigenvalue weighted by Gasteiger charge is -2.26. The number of aliphatic hydroxyl groups is 1. The fraction of sp³-hybridized carbons (Fsp3) is 0.452. The fourth-order valence-corrected chi connectivity index (χ4v) is 6.46. The van der Waals surface area contributed by atoms with E-state index < -0.39 is 46.1 Å². The molecule has 3 N–H and O–H groups in total. The molecule has 15 heteroatoms. The first-order chi connectivity index (χ1) is 21.9. The highest BCUT2D eigenvalue weighted by atomic mass is 32.2. The Kier molecular flexibility index (Phi) is 10.2. The maximum atomic E-state index is 13.1. The highest BCUT2D eigenvalue weighted by Crippen LogP contribution is 2.33. The third-order valence-electron chi connectivity index (χ3n) is 8.13. The number of aliphatic hydroxyl groups excluding tert-OH is 1. The van der Waals surface area contributed by atoms with Crippen LogP contribution in [0.15, 0.2) is 59.6 Å². The average molecular weight is 665 g/mol. The molecule has 0 radical (unpaired) electrons. The number of carbonyl (C=O) groups excluding carboxylic acids is 1. The van der Waals surface area contributed by atoms with E-state index in [0.717, 1.165) is 18.6 Å². The number of hydrogen-bond acceptors (Lipinski definition) is 10. The van der Waals surface area contributed by atoms with Gasteiger partial charge in [0.05, 0.1) is 71.9 Å². The number of amides is 1. The number of alkyl halides is 3. The van der Waals surface area contributed by atoms with Gasteiger partial charge in [0.1, 0.15) is 11.9 Å². The number of sulfone groups is 1. The molecule has 0 spiro atoms. The summed E-state index contributed by atoms with van der Waals surface area (Å²) in [6, 6.07) is 10.1. The third kappa shape index (κ3) is 7.60. The van der Waals surface area contributed by atoms with Gasteiger partial charge in [-0.05, 0) is 48.4 Å². The first kappa shape index (κ1) is 33.6. The highest BCUT2D eigenvalue weighted by molar-refractivity contribution is 7.91. The lowest BCUT2D eigenvalue weighted by molar-refractivity contribution is -0.137. The molecule has 2 aliphatic rings. The summed E-state index contributed by atoms with van der Waals surface area (Å²) in [5, 5.41) is 10.4. The van der Waals surface area contributed by atoms with Crippen LogP contribution >= 0.6 is 0 Å². The summed E-state index contributed by atoms with van der Waals surface area (Å²) in [5.74, 6) is -1.25. The number of halogens is 3. The van der Waals surface area contributed by atoms with Crippen molar-refractivity contribution >= 4 is 21.7 Å². The van der Waals surface area contributed by atoms with E-state index in [-0.39, 0.29) is 58.9 Å². The molecule has 0 aliphatic carbocycles. The van der Waals surface area contributed by atoms with Gasteiger partial charge in [-0.25, -0.2) is 18.4 Å². The Morgan fingerprint density at radius 2 is 1.87 bits per heavy atom. The number of ether oxygens (including phenoxy) is 3. The third-order valence-corrected chi connectivity index (χ3v) is 9.89. The first-order valence-electron chi connectivity index (χ1n) is 14.8. The van der Waals surface area contributed by atoms with Crippen molar-refractivity contribution in [2.75, 3.05) is 43.6 Å². The minimum atomic E-state index is -4.47. The van der Waals surface area contributed by atoms with Crippen LogP contribution in [0.4, 0.5) is 19.1 Å². The molecule has 0 unspecified atom stereocenters. The summed E-state index contributed by atoms with van der Waals surface area (Å²) in [6.45, 7) is 2.63. The molecular formula is C31H35F3N4O7S. The topological polar surface area (TPSA) is 154 Å². The molecule has 0 bridgehead atoms. The van der Waals surface area contributed by atoms with E-state index in [4.69, 9.17) is 24.9 Å². The summed E-state index contributed by atoms with van der Waals surface area (Å²) in [5.41, 5.74) is 5.53. The van der Waals surface area contributed by atoms with Crippen molar-refractivity contribution in [3.63, 3.8) is 0 Å². The van der Waals surface area contributed by atoms with Crippen LogP contribution in [-0.4, -0.2) is 86.4 Å². The van der Waals surface area contributed by atoms with Crippen LogP contribution in [0.2, 0.25) is 0 Å². The number of aromatic nitrogens is 2. The Hall–Kier alpha value is -3.79. The highest BCUT2D eigenvalue weighted by Gasteiger charge is 2.37. The molecule has 46 heavy (non-hydrogen) atoms. The molecule has 3 heterocycles. The summed E-state index contributed by atoms with van der Waals surface area (Å²) >= 11 is 0. The number of benzene rings is 2. The second-order valence-electron chi connectivity index (χ2n) is 11.2. The first-order valence-corrected chi connectivity index (χ1v) is 16.4. The van der Waals surface area contributed by atoms with E-state index >= 15 is 0 Å². The number of hydrogen-bond donors (Lipinski definition) is 2. The van der Waals surface area contributed by atoms with Crippen molar-refractivity contribution in [2.45, 2.75) is 55.0 Å². The second kappa shape index (κ2) is 13.9. The smallest absolute Gasteiger partial charge is 0.416 e. The van der Waals surface area contributed by atoms with Crippen molar-refractivity contribution in [1.29, 1.82) is 0 Å². The molecule has 2 fully saturated rings. The number of primary amides is 1. The van der Waals surface area contributed by atoms with Gasteiger partial charge in [0, 0.05) is 19.2 Å². The lowest BCUT2D eigenvalue weighted by atomic mass is 9.93. The molecule has 4 atom stereocenters. The molecular weight excluding hydrogens is 629 g/mol. The fourth-order valence-electron chi connectivity index (χ4n) is 5.57. The molecule has 1 amide bonds. The molecule has 2 aromatic carbocycles. The van der Waals surface area contributed by atoms with Crippen molar-refractivity contribution in [2.24, 2.45) is 5.73 Å². The van der Waals surface area contributed by atoms with Crippen LogP contribution in [0.5, 0.6) is 5.75 Å². The van der Waals surface area contributed by atoms with Gasteiger partial charge in [-0.3, -0.25) is 4.79 Å². The zero-order chi connectivity index (χ0) is 33.1. The van der Waals surface area contributed by atoms with Gasteiger partial charge in [0.2, 0.25) is 5.95 Å². The van der Waals surface area contributed by atoms with Gasteiger partial charge in [0.15, 0.2) is 9.84 Å². The van der Waals surface area contributed by atoms with Gasteiger partial charge in [-0.1, -0.05) is 19.1 Å². The Balaban J connectivity index is 1.44. The van der Waals surface area contributed by atoms with Crippen LogP contribution < -0.4 is 15.4 Å². The number of rotatable bonds is 12. The minimum absolute atomic E-state index is 0.0132. The van der Waals surface area contributed by atoms with E-state index in [0.29, 0.717) is 25.2 Å². The van der Waals surface area contributed by atoms with Crippen molar-refractivity contribution in [1.82, 2.24) is 9.97 Å². The molecule has 248 valence electrons. The van der Waals surface area contributed by atoms with Crippen molar-refractivity contribution in [3.05, 3.63) is 77.1 Å². The van der Waals surface area contributed by atoms with Gasteiger partial charge in [-0.2, -0.15) is 13.2 Å². The summed E-state index contributed by atoms with van der Waals surface area (Å²) in [7, 11) is -3.46. The Morgan fingerprint density at radius 3 is 2.46 bits per heavy atom. The minimum Gasteiger partial charge on any atom is -0.489 e. The van der Waals surface area contributed by atoms with Crippen molar-refractivity contribution in [3.8, 4) is 5.75 Å². The molecule has 2 saturated heterocycles. The number of anilines is 1. The van der Waals surface area contributed by atoms with E-state index in [1.807, 2.05) is 4.90 Å². The van der Waals surface area contributed by atoms with Crippen LogP contribution in [0.25, 0.3) is 0 Å². The van der Waals surface area contributed by atoms with Gasteiger partial charge in [-0.15, -0.1) is 0 Å². The maximum absolute atomic E-state index is 13.1. The molecule has 2 aliphatic heterocycles. The predicted octanol–water partition coefficient (Wildman–Crippen LogP) is 3.34. The summed E-state index contributed by atoms with van der Waals surface area (Å²) in [4.78, 5) is 23.5. The number of carbonyl (C=O) groups is 1. The largest absolute Gasteiger partial charge is 0.489 e. The van der Waals surface area contributed by atoms with Gasteiger partial charge in [0.25, 0.3) is 5.91 Å². The quantitative estimate of drug-likeness (QED) is 0.295. The van der Waals surface area contributed by atoms with E-state index in [1.165, 1.54) is 30.5 Å². The van der Waals surface area contributed by atoms with E-state index in [1.54, 1.807) is 19.1 Å². The van der Waals surface area contributed by atoms with E-state index in [2.05, 4.69) is 4.98 Å². The van der Waals surface area contributed by atoms with Crippen molar-refractivity contribution < 1.29 is 45.7 Å². The van der Waals surface area contributed by atoms with Crippen LogP contribution in [0.3, 0.4) is 0 Å². The standard InChI is InChI=1S/C31H35F3N4O7S/c1-2-46(41,42)25-9-3-19(4-10-25)27(16-39)28-26(29(35)40)14-36-30(37-28)38-15-24(13-21(38)17-44-23-11-12-43-18-23)45-22-7-5-20(6-8-22)31(32,33)34/h3-10,14,21,23-24,27,39H,2,11-13,15-18H2,1H3,(H2,35,40)/t21-,23+,24+,27+/m0/s1. The summed E-state index contributed by atoms with van der Waals surface area (Å²) < 4.78 is 81.4. The Morgan fingerprint density at radius 1 is 1.15 bits per heavy atom. The Labute approximate surface area is 264 Å². The molecule has 3 aromatic rings. The Bertz CT molecular complexity index is 1620. The zero-order valence-corrected chi connectivity index (χ0v) is 25.8.